The summed E-state index contributed by atoms with van der Waals surface area (Å²) in [5.74, 6) is 3.61. The van der Waals surface area contributed by atoms with Crippen molar-refractivity contribution in [3.63, 3.8) is 0 Å². The number of nitrogens with two attached hydrogens (primary N) is 1. The number of hydrogen-bond donors (Lipinski definition) is 2. The molecule has 2 nitrogen and oxygen atoms in total. The lowest BCUT2D eigenvalue weighted by molar-refractivity contribution is 0.471. The van der Waals surface area contributed by atoms with Crippen LogP contribution in [0.2, 0.25) is 0 Å². The Labute approximate surface area is 136 Å². The largest absolute Gasteiger partial charge is 0.271 e. The molecule has 0 aliphatic heterocycles. The number of hydrogen-bond acceptors (Lipinski definition) is 2. The molecule has 2 aromatic rings. The van der Waals surface area contributed by atoms with Crippen LogP contribution in [0.5, 0.6) is 0 Å². The first-order valence-electron chi connectivity index (χ1n) is 5.97. The van der Waals surface area contributed by atoms with Crippen LogP contribution in [-0.4, -0.2) is 0 Å². The molecule has 0 aliphatic rings. The van der Waals surface area contributed by atoms with Gasteiger partial charge in [-0.15, -0.1) is 0 Å². The summed E-state index contributed by atoms with van der Waals surface area (Å²) in [6, 6.07) is 5.67. The number of hydrazine groups is 1. The summed E-state index contributed by atoms with van der Waals surface area (Å²) in [6.45, 7) is 0. The molecule has 2 rings (SSSR count). The van der Waals surface area contributed by atoms with Crippen molar-refractivity contribution in [2.24, 2.45) is 5.84 Å². The molecule has 0 radical (unpaired) electrons. The van der Waals surface area contributed by atoms with Gasteiger partial charge in [-0.3, -0.25) is 11.3 Å². The highest BCUT2D eigenvalue weighted by Crippen LogP contribution is 2.29. The highest BCUT2D eigenvalue weighted by Gasteiger charge is 2.21. The molecule has 0 amide bonds. The van der Waals surface area contributed by atoms with Crippen LogP contribution in [0.15, 0.2) is 39.3 Å². The summed E-state index contributed by atoms with van der Waals surface area (Å²) in [5.41, 5.74) is 2.93. The summed E-state index contributed by atoms with van der Waals surface area (Å²) in [4.78, 5) is 0. The molecule has 0 fully saturated rings. The molecular formula is C14H11Br2F3N2. The van der Waals surface area contributed by atoms with Crippen molar-refractivity contribution in [1.82, 2.24) is 5.43 Å². The van der Waals surface area contributed by atoms with E-state index >= 15 is 0 Å². The lowest BCUT2D eigenvalue weighted by Gasteiger charge is -2.19. The molecule has 0 saturated heterocycles. The Morgan fingerprint density at radius 3 is 2.19 bits per heavy atom. The summed E-state index contributed by atoms with van der Waals surface area (Å²) < 4.78 is 41.8. The number of benzene rings is 2. The molecule has 3 N–H and O–H groups in total. The van der Waals surface area contributed by atoms with E-state index in [1.54, 1.807) is 6.07 Å². The van der Waals surface area contributed by atoms with E-state index in [9.17, 15) is 13.2 Å². The maximum atomic E-state index is 14.0. The van der Waals surface area contributed by atoms with Crippen LogP contribution in [0, 0.1) is 17.5 Å². The monoisotopic (exact) mass is 422 g/mol. The van der Waals surface area contributed by atoms with Gasteiger partial charge in [0.25, 0.3) is 0 Å². The van der Waals surface area contributed by atoms with Crippen LogP contribution in [0.1, 0.15) is 17.2 Å². The third-order valence-electron chi connectivity index (χ3n) is 3.03. The molecule has 0 aliphatic carbocycles. The van der Waals surface area contributed by atoms with Crippen molar-refractivity contribution >= 4 is 31.9 Å². The standard InChI is InChI=1S/C14H11Br2F3N2/c15-8-4-11(18)14(12(19)5-8)13(21-20)3-7-1-2-9(17)6-10(7)16/h1-2,4-6,13,21H,3,20H2. The summed E-state index contributed by atoms with van der Waals surface area (Å²) in [7, 11) is 0. The quantitative estimate of drug-likeness (QED) is 0.565. The minimum atomic E-state index is -0.778. The molecule has 0 aromatic heterocycles. The number of rotatable bonds is 4. The first-order valence-corrected chi connectivity index (χ1v) is 7.55. The van der Waals surface area contributed by atoms with E-state index in [1.807, 2.05) is 0 Å². The van der Waals surface area contributed by atoms with Gasteiger partial charge in [-0.2, -0.15) is 0 Å². The highest BCUT2D eigenvalue weighted by atomic mass is 79.9. The van der Waals surface area contributed by atoms with Crippen LogP contribution in [0.4, 0.5) is 13.2 Å². The average molecular weight is 424 g/mol. The van der Waals surface area contributed by atoms with Gasteiger partial charge in [-0.1, -0.05) is 37.9 Å². The summed E-state index contributed by atoms with van der Waals surface area (Å²) in [6.07, 6.45) is 0.201. The van der Waals surface area contributed by atoms with Crippen LogP contribution in [0.25, 0.3) is 0 Å². The highest BCUT2D eigenvalue weighted by molar-refractivity contribution is 9.10. The smallest absolute Gasteiger partial charge is 0.132 e. The fourth-order valence-corrected chi connectivity index (χ4v) is 2.95. The SMILES string of the molecule is NNC(Cc1ccc(F)cc1Br)c1c(F)cc(Br)cc1F. The van der Waals surface area contributed by atoms with E-state index in [0.29, 0.717) is 14.5 Å². The zero-order valence-electron chi connectivity index (χ0n) is 10.6. The third-order valence-corrected chi connectivity index (χ3v) is 4.23. The lowest BCUT2D eigenvalue weighted by Crippen LogP contribution is -2.31. The molecule has 1 atom stereocenters. The maximum absolute atomic E-state index is 14.0. The third kappa shape index (κ3) is 3.85. The molecule has 1 unspecified atom stereocenters. The summed E-state index contributed by atoms with van der Waals surface area (Å²) >= 11 is 6.25. The van der Waals surface area contributed by atoms with Crippen molar-refractivity contribution in [2.75, 3.05) is 0 Å². The van der Waals surface area contributed by atoms with Gasteiger partial charge in [0.2, 0.25) is 0 Å². The maximum Gasteiger partial charge on any atom is 0.132 e. The molecule has 21 heavy (non-hydrogen) atoms. The molecular weight excluding hydrogens is 413 g/mol. The van der Waals surface area contributed by atoms with Crippen molar-refractivity contribution in [2.45, 2.75) is 12.5 Å². The first-order chi connectivity index (χ1) is 9.92. The minimum Gasteiger partial charge on any atom is -0.271 e. The van der Waals surface area contributed by atoms with E-state index in [0.717, 1.165) is 0 Å². The number of halogens is 5. The fraction of sp³-hybridized carbons (Fsp3) is 0.143. The van der Waals surface area contributed by atoms with Gasteiger partial charge >= 0.3 is 0 Å². The molecule has 2 aromatic carbocycles. The van der Waals surface area contributed by atoms with Crippen LogP contribution in [0.3, 0.4) is 0 Å². The topological polar surface area (TPSA) is 38.0 Å². The second-order valence-electron chi connectivity index (χ2n) is 4.44. The van der Waals surface area contributed by atoms with E-state index in [4.69, 9.17) is 5.84 Å². The van der Waals surface area contributed by atoms with Crippen molar-refractivity contribution in [3.05, 3.63) is 67.9 Å². The second-order valence-corrected chi connectivity index (χ2v) is 6.21. The van der Waals surface area contributed by atoms with Crippen LogP contribution in [-0.2, 0) is 6.42 Å². The average Bonchev–Trinajstić information content (AvgIpc) is 2.39. The molecule has 112 valence electrons. The van der Waals surface area contributed by atoms with E-state index in [2.05, 4.69) is 37.3 Å². The lowest BCUT2D eigenvalue weighted by atomic mass is 9.98. The van der Waals surface area contributed by atoms with Gasteiger partial charge in [-0.05, 0) is 36.2 Å². The van der Waals surface area contributed by atoms with Crippen molar-refractivity contribution in [3.8, 4) is 0 Å². The van der Waals surface area contributed by atoms with Gasteiger partial charge in [-0.25, -0.2) is 13.2 Å². The van der Waals surface area contributed by atoms with Gasteiger partial charge in [0.15, 0.2) is 0 Å². The first kappa shape index (κ1) is 16.5. The molecule has 0 saturated carbocycles. The zero-order valence-corrected chi connectivity index (χ0v) is 13.8. The summed E-state index contributed by atoms with van der Waals surface area (Å²) in [5, 5.41) is 0. The zero-order chi connectivity index (χ0) is 15.6. The minimum absolute atomic E-state index is 0.156. The Morgan fingerprint density at radius 2 is 1.67 bits per heavy atom. The van der Waals surface area contributed by atoms with Gasteiger partial charge in [0, 0.05) is 14.5 Å². The van der Waals surface area contributed by atoms with Gasteiger partial charge in [0.1, 0.15) is 17.5 Å². The normalized spacial score (nSPS) is 12.5. The van der Waals surface area contributed by atoms with Crippen LogP contribution >= 0.6 is 31.9 Å². The van der Waals surface area contributed by atoms with Crippen LogP contribution < -0.4 is 11.3 Å². The molecule has 7 heteroatoms. The Hall–Kier alpha value is -0.890. The Morgan fingerprint density at radius 1 is 1.05 bits per heavy atom. The number of nitrogens with one attached hydrogen (secondary N) is 1. The van der Waals surface area contributed by atoms with Crippen molar-refractivity contribution < 1.29 is 13.2 Å². The van der Waals surface area contributed by atoms with Gasteiger partial charge < -0.3 is 0 Å². The predicted octanol–water partition coefficient (Wildman–Crippen LogP) is 4.38. The molecule has 0 bridgehead atoms. The predicted molar refractivity (Wildman–Crippen MR) is 81.9 cm³/mol. The van der Waals surface area contributed by atoms with E-state index < -0.39 is 23.5 Å². The molecule has 0 heterocycles. The molecule has 0 spiro atoms. The Kier molecular flexibility index (Phi) is 5.43. The fourth-order valence-electron chi connectivity index (χ4n) is 2.04. The second kappa shape index (κ2) is 6.91. The Balaban J connectivity index is 2.37. The Bertz CT molecular complexity index is 642. The van der Waals surface area contributed by atoms with Gasteiger partial charge in [0.05, 0.1) is 6.04 Å². The van der Waals surface area contributed by atoms with E-state index in [1.165, 1.54) is 24.3 Å². The van der Waals surface area contributed by atoms with Crippen molar-refractivity contribution in [1.29, 1.82) is 0 Å². The van der Waals surface area contributed by atoms with E-state index in [-0.39, 0.29) is 12.0 Å².